The summed E-state index contributed by atoms with van der Waals surface area (Å²) in [4.78, 5) is 0. The molecule has 0 fully saturated rings. The molecule has 0 radical (unpaired) electrons. The van der Waals surface area contributed by atoms with Crippen LogP contribution in [0.25, 0.3) is 10.9 Å². The van der Waals surface area contributed by atoms with Crippen LogP contribution in [-0.2, 0) is 13.1 Å². The maximum Gasteiger partial charge on any atom is 0.0480 e. The van der Waals surface area contributed by atoms with Crippen LogP contribution in [0.1, 0.15) is 18.4 Å². The molecule has 17 heavy (non-hydrogen) atoms. The third-order valence-corrected chi connectivity index (χ3v) is 2.94. The Labute approximate surface area is 103 Å². The number of nitrogens with one attached hydrogen (secondary N) is 1. The normalized spacial score (nSPS) is 10.6. The molecule has 0 spiro atoms. The van der Waals surface area contributed by atoms with Gasteiger partial charge in [0.05, 0.1) is 0 Å². The van der Waals surface area contributed by atoms with Gasteiger partial charge in [0.1, 0.15) is 0 Å². The predicted molar refractivity (Wildman–Crippen MR) is 72.8 cm³/mol. The third-order valence-electron chi connectivity index (χ3n) is 2.94. The lowest BCUT2D eigenvalue weighted by Crippen LogP contribution is -2.04. The van der Waals surface area contributed by atoms with Crippen LogP contribution >= 0.6 is 0 Å². The zero-order valence-corrected chi connectivity index (χ0v) is 10.2. The van der Waals surface area contributed by atoms with E-state index in [1.54, 1.807) is 0 Å². The van der Waals surface area contributed by atoms with Crippen LogP contribution in [0.2, 0.25) is 0 Å². The minimum atomic E-state index is 0.845. The van der Waals surface area contributed by atoms with Crippen molar-refractivity contribution in [3.8, 4) is 12.3 Å². The van der Waals surface area contributed by atoms with Gasteiger partial charge < -0.3 is 9.88 Å². The molecule has 0 amide bonds. The second kappa shape index (κ2) is 5.56. The summed E-state index contributed by atoms with van der Waals surface area (Å²) in [5, 5.41) is 4.47. The van der Waals surface area contributed by atoms with Crippen molar-refractivity contribution in [2.75, 3.05) is 7.05 Å². The average molecular weight is 226 g/mol. The van der Waals surface area contributed by atoms with E-state index in [0.717, 1.165) is 25.9 Å². The van der Waals surface area contributed by atoms with E-state index in [9.17, 15) is 0 Å². The van der Waals surface area contributed by atoms with Gasteiger partial charge in [-0.05, 0) is 42.6 Å². The molecule has 0 atom stereocenters. The number of fused-ring (bicyclic) bond motifs is 1. The number of terminal acetylenes is 1. The van der Waals surface area contributed by atoms with Crippen molar-refractivity contribution in [3.05, 3.63) is 36.0 Å². The van der Waals surface area contributed by atoms with E-state index in [1.807, 2.05) is 7.05 Å². The molecule has 2 rings (SSSR count). The van der Waals surface area contributed by atoms with Crippen LogP contribution in [0.5, 0.6) is 0 Å². The number of nitrogens with zero attached hydrogens (tertiary/aromatic N) is 1. The van der Waals surface area contributed by atoms with Gasteiger partial charge in [0, 0.05) is 31.2 Å². The fraction of sp³-hybridized carbons (Fsp3) is 0.333. The van der Waals surface area contributed by atoms with Gasteiger partial charge in [-0.15, -0.1) is 12.3 Å². The van der Waals surface area contributed by atoms with Crippen molar-refractivity contribution in [1.82, 2.24) is 9.88 Å². The van der Waals surface area contributed by atoms with E-state index < -0.39 is 0 Å². The molecule has 0 aliphatic carbocycles. The Balaban J connectivity index is 2.20. The van der Waals surface area contributed by atoms with Crippen LogP contribution in [0.4, 0.5) is 0 Å². The first-order valence-corrected chi connectivity index (χ1v) is 6.01. The van der Waals surface area contributed by atoms with E-state index in [4.69, 9.17) is 6.42 Å². The maximum atomic E-state index is 5.27. The van der Waals surface area contributed by atoms with Gasteiger partial charge in [0.25, 0.3) is 0 Å². The molecule has 1 aromatic heterocycles. The Morgan fingerprint density at radius 2 is 2.24 bits per heavy atom. The topological polar surface area (TPSA) is 17.0 Å². The monoisotopic (exact) mass is 226 g/mol. The average Bonchev–Trinajstić information content (AvgIpc) is 2.73. The van der Waals surface area contributed by atoms with Crippen molar-refractivity contribution in [3.63, 3.8) is 0 Å². The summed E-state index contributed by atoms with van der Waals surface area (Å²) in [6.45, 7) is 1.91. The van der Waals surface area contributed by atoms with Gasteiger partial charge in [-0.25, -0.2) is 0 Å². The molecular formula is C15H18N2. The second-order valence-electron chi connectivity index (χ2n) is 4.24. The lowest BCUT2D eigenvalue weighted by molar-refractivity contribution is 0.677. The van der Waals surface area contributed by atoms with E-state index >= 15 is 0 Å². The van der Waals surface area contributed by atoms with E-state index in [2.05, 4.69) is 46.3 Å². The number of hydrogen-bond acceptors (Lipinski definition) is 1. The van der Waals surface area contributed by atoms with Crippen LogP contribution in [0.15, 0.2) is 30.5 Å². The minimum Gasteiger partial charge on any atom is -0.347 e. The molecule has 1 N–H and O–H groups in total. The number of aryl methyl sites for hydroxylation is 1. The highest BCUT2D eigenvalue weighted by molar-refractivity contribution is 5.80. The molecule has 0 saturated carbocycles. The Morgan fingerprint density at radius 3 is 3.00 bits per heavy atom. The van der Waals surface area contributed by atoms with E-state index in [1.165, 1.54) is 16.5 Å². The van der Waals surface area contributed by atoms with E-state index in [-0.39, 0.29) is 0 Å². The van der Waals surface area contributed by atoms with E-state index in [0.29, 0.717) is 0 Å². The van der Waals surface area contributed by atoms with Gasteiger partial charge in [-0.3, -0.25) is 0 Å². The number of aromatic nitrogens is 1. The molecule has 0 bridgehead atoms. The highest BCUT2D eigenvalue weighted by atomic mass is 14.9. The lowest BCUT2D eigenvalue weighted by atomic mass is 10.1. The third kappa shape index (κ3) is 2.69. The molecule has 0 unspecified atom stereocenters. The SMILES string of the molecule is C#CCCCn1ccc2cc(CNC)ccc21. The molecule has 1 aromatic carbocycles. The number of rotatable bonds is 5. The molecule has 0 aliphatic heterocycles. The highest BCUT2D eigenvalue weighted by Gasteiger charge is 2.01. The molecule has 2 nitrogen and oxygen atoms in total. The second-order valence-corrected chi connectivity index (χ2v) is 4.24. The highest BCUT2D eigenvalue weighted by Crippen LogP contribution is 2.18. The summed E-state index contributed by atoms with van der Waals surface area (Å²) < 4.78 is 2.27. The largest absolute Gasteiger partial charge is 0.347 e. The fourth-order valence-electron chi connectivity index (χ4n) is 2.11. The molecule has 0 saturated heterocycles. The summed E-state index contributed by atoms with van der Waals surface area (Å²) in [6, 6.07) is 8.78. The van der Waals surface area contributed by atoms with Crippen molar-refractivity contribution in [2.45, 2.75) is 25.9 Å². The lowest BCUT2D eigenvalue weighted by Gasteiger charge is -2.05. The smallest absolute Gasteiger partial charge is 0.0480 e. The Morgan fingerprint density at radius 1 is 1.35 bits per heavy atom. The van der Waals surface area contributed by atoms with Crippen molar-refractivity contribution in [2.24, 2.45) is 0 Å². The number of hydrogen-bond donors (Lipinski definition) is 1. The van der Waals surface area contributed by atoms with Crippen LogP contribution < -0.4 is 5.32 Å². The van der Waals surface area contributed by atoms with Crippen molar-refractivity contribution < 1.29 is 0 Å². The summed E-state index contributed by atoms with van der Waals surface area (Å²) in [7, 11) is 1.97. The van der Waals surface area contributed by atoms with Crippen molar-refractivity contribution >= 4 is 10.9 Å². The Hall–Kier alpha value is -1.72. The Kier molecular flexibility index (Phi) is 3.85. The van der Waals surface area contributed by atoms with Crippen LogP contribution in [0.3, 0.4) is 0 Å². The van der Waals surface area contributed by atoms with Gasteiger partial charge in [-0.1, -0.05) is 6.07 Å². The summed E-state index contributed by atoms with van der Waals surface area (Å²) in [5.41, 5.74) is 2.61. The fourth-order valence-corrected chi connectivity index (χ4v) is 2.11. The minimum absolute atomic E-state index is 0.845. The number of unbranched alkanes of at least 4 members (excludes halogenated alkanes) is 1. The first-order chi connectivity index (χ1) is 8.35. The van der Waals surface area contributed by atoms with Crippen LogP contribution in [-0.4, -0.2) is 11.6 Å². The van der Waals surface area contributed by atoms with Gasteiger partial charge in [0.2, 0.25) is 0 Å². The van der Waals surface area contributed by atoms with Gasteiger partial charge >= 0.3 is 0 Å². The Bertz CT molecular complexity index is 531. The standard InChI is InChI=1S/C15H18N2/c1-3-4-5-9-17-10-8-14-11-13(12-16-2)6-7-15(14)17/h1,6-8,10-11,16H,4-5,9,12H2,2H3. The van der Waals surface area contributed by atoms with Crippen molar-refractivity contribution in [1.29, 1.82) is 0 Å². The van der Waals surface area contributed by atoms with Gasteiger partial charge in [0.15, 0.2) is 0 Å². The molecule has 88 valence electrons. The molecular weight excluding hydrogens is 208 g/mol. The molecule has 2 heteroatoms. The first kappa shape index (κ1) is 11.8. The number of benzene rings is 1. The summed E-state index contributed by atoms with van der Waals surface area (Å²) in [6.07, 6.45) is 9.30. The molecule has 1 heterocycles. The zero-order valence-electron chi connectivity index (χ0n) is 10.2. The predicted octanol–water partition coefficient (Wildman–Crippen LogP) is 2.77. The molecule has 2 aromatic rings. The quantitative estimate of drug-likeness (QED) is 0.613. The zero-order chi connectivity index (χ0) is 12.1. The summed E-state index contributed by atoms with van der Waals surface area (Å²) in [5.74, 6) is 2.68. The van der Waals surface area contributed by atoms with Gasteiger partial charge in [-0.2, -0.15) is 0 Å². The maximum absolute atomic E-state index is 5.27. The molecule has 0 aliphatic rings. The summed E-state index contributed by atoms with van der Waals surface area (Å²) >= 11 is 0. The first-order valence-electron chi connectivity index (χ1n) is 6.01. The van der Waals surface area contributed by atoms with Crippen LogP contribution in [0, 0.1) is 12.3 Å².